The number of rotatable bonds is 3. The second-order valence-electron chi connectivity index (χ2n) is 1.89. The molecule has 60 valence electrons. The summed E-state index contributed by atoms with van der Waals surface area (Å²) in [5.41, 5.74) is 5.06. The van der Waals surface area contributed by atoms with Crippen LogP contribution in [-0.4, -0.2) is 0 Å². The summed E-state index contributed by atoms with van der Waals surface area (Å²) in [5.74, 6) is -0.670. The molecule has 0 fully saturated rings. The van der Waals surface area contributed by atoms with Gasteiger partial charge in [-0.05, 0) is 12.3 Å². The van der Waals surface area contributed by atoms with E-state index in [9.17, 15) is 0 Å². The highest BCUT2D eigenvalue weighted by Gasteiger charge is 1.94. The highest BCUT2D eigenvalue weighted by atomic mass is 14.5. The molecule has 0 aromatic carbocycles. The van der Waals surface area contributed by atoms with Crippen molar-refractivity contribution in [3.05, 3.63) is 36.6 Å². The van der Waals surface area contributed by atoms with Gasteiger partial charge in [-0.25, -0.2) is 0 Å². The predicted octanol–water partition coefficient (Wildman–Crippen LogP) is 1.23. The van der Waals surface area contributed by atoms with E-state index < -0.39 is 5.92 Å². The van der Waals surface area contributed by atoms with Crippen LogP contribution in [0.25, 0.3) is 0 Å². The minimum Gasteiger partial charge on any atom is -0.405 e. The fourth-order valence-electron chi connectivity index (χ4n) is 0.483. The maximum atomic E-state index is 8.35. The Kier molecular flexibility index (Phi) is 5.93. The first kappa shape index (κ1) is 10.0. The summed E-state index contributed by atoms with van der Waals surface area (Å²) in [4.78, 5) is 0. The fourth-order valence-corrected chi connectivity index (χ4v) is 0.483. The van der Waals surface area contributed by atoms with Gasteiger partial charge >= 0.3 is 0 Å². The first-order valence-corrected chi connectivity index (χ1v) is 3.36. The Morgan fingerprint density at radius 3 is 2.08 bits per heavy atom. The van der Waals surface area contributed by atoms with Crippen molar-refractivity contribution in [2.45, 2.75) is 0 Å². The average molecular weight is 159 g/mol. The Bertz CT molecular complexity index is 259. The van der Waals surface area contributed by atoms with E-state index in [1.54, 1.807) is 24.3 Å². The SMILES string of the molecule is N#CC(C#N)/C=C/C=C/C=C/N. The van der Waals surface area contributed by atoms with Crippen molar-refractivity contribution in [1.29, 1.82) is 10.5 Å². The molecule has 0 spiro atoms. The molecule has 12 heavy (non-hydrogen) atoms. The van der Waals surface area contributed by atoms with Gasteiger partial charge in [-0.3, -0.25) is 0 Å². The van der Waals surface area contributed by atoms with Gasteiger partial charge < -0.3 is 5.73 Å². The highest BCUT2D eigenvalue weighted by molar-refractivity contribution is 5.17. The molecule has 2 N–H and O–H groups in total. The number of allylic oxidation sites excluding steroid dienone is 5. The minimum atomic E-state index is -0.670. The van der Waals surface area contributed by atoms with E-state index in [1.807, 2.05) is 12.1 Å². The molecular weight excluding hydrogens is 150 g/mol. The summed E-state index contributed by atoms with van der Waals surface area (Å²) in [6.45, 7) is 0. The van der Waals surface area contributed by atoms with E-state index in [0.29, 0.717) is 0 Å². The smallest absolute Gasteiger partial charge is 0.151 e. The lowest BCUT2D eigenvalue weighted by atomic mass is 10.2. The summed E-state index contributed by atoms with van der Waals surface area (Å²) in [5, 5.41) is 16.7. The Hall–Kier alpha value is -2.00. The summed E-state index contributed by atoms with van der Waals surface area (Å²) in [7, 11) is 0. The van der Waals surface area contributed by atoms with Crippen LogP contribution >= 0.6 is 0 Å². The third-order valence-electron chi connectivity index (χ3n) is 1.03. The monoisotopic (exact) mass is 159 g/mol. The van der Waals surface area contributed by atoms with Crippen LogP contribution in [0.4, 0.5) is 0 Å². The normalized spacial score (nSPS) is 11.2. The number of nitrogens with two attached hydrogens (primary N) is 1. The Morgan fingerprint density at radius 1 is 1.00 bits per heavy atom. The first-order valence-electron chi connectivity index (χ1n) is 3.36. The number of hydrogen-bond donors (Lipinski definition) is 1. The van der Waals surface area contributed by atoms with Gasteiger partial charge in [0.25, 0.3) is 0 Å². The molecule has 3 nitrogen and oxygen atoms in total. The summed E-state index contributed by atoms with van der Waals surface area (Å²) < 4.78 is 0. The second kappa shape index (κ2) is 7.11. The molecule has 0 aliphatic heterocycles. The van der Waals surface area contributed by atoms with Gasteiger partial charge in [0.1, 0.15) is 0 Å². The molecule has 0 amide bonds. The first-order chi connectivity index (χ1) is 5.85. The van der Waals surface area contributed by atoms with Crippen LogP contribution in [0, 0.1) is 28.6 Å². The lowest BCUT2D eigenvalue weighted by Crippen LogP contribution is -1.83. The number of hydrogen-bond acceptors (Lipinski definition) is 3. The molecule has 0 aliphatic rings. The van der Waals surface area contributed by atoms with Crippen LogP contribution in [0.5, 0.6) is 0 Å². The van der Waals surface area contributed by atoms with Crippen LogP contribution in [0.2, 0.25) is 0 Å². The Morgan fingerprint density at radius 2 is 1.58 bits per heavy atom. The van der Waals surface area contributed by atoms with Gasteiger partial charge in [-0.2, -0.15) is 10.5 Å². The summed E-state index contributed by atoms with van der Waals surface area (Å²) in [6, 6.07) is 3.64. The van der Waals surface area contributed by atoms with Gasteiger partial charge in [0.15, 0.2) is 5.92 Å². The summed E-state index contributed by atoms with van der Waals surface area (Å²) in [6.07, 6.45) is 9.61. The molecular formula is C9H9N3. The fraction of sp³-hybridized carbons (Fsp3) is 0.111. The van der Waals surface area contributed by atoms with Gasteiger partial charge in [-0.15, -0.1) is 0 Å². The van der Waals surface area contributed by atoms with Crippen molar-refractivity contribution in [1.82, 2.24) is 0 Å². The van der Waals surface area contributed by atoms with E-state index in [4.69, 9.17) is 16.3 Å². The molecule has 0 rings (SSSR count). The zero-order chi connectivity index (χ0) is 9.23. The van der Waals surface area contributed by atoms with Crippen LogP contribution < -0.4 is 5.73 Å². The average Bonchev–Trinajstić information content (AvgIpc) is 2.11. The molecule has 0 saturated carbocycles. The molecule has 0 aromatic rings. The van der Waals surface area contributed by atoms with E-state index in [-0.39, 0.29) is 0 Å². The van der Waals surface area contributed by atoms with Crippen LogP contribution in [0.1, 0.15) is 0 Å². The molecule has 0 atom stereocenters. The molecule has 0 radical (unpaired) electrons. The van der Waals surface area contributed by atoms with E-state index >= 15 is 0 Å². The highest BCUT2D eigenvalue weighted by Crippen LogP contribution is 1.93. The van der Waals surface area contributed by atoms with E-state index in [1.165, 1.54) is 12.3 Å². The van der Waals surface area contributed by atoms with E-state index in [2.05, 4.69) is 0 Å². The molecule has 0 bridgehead atoms. The van der Waals surface area contributed by atoms with Crippen molar-refractivity contribution in [3.8, 4) is 12.1 Å². The third-order valence-corrected chi connectivity index (χ3v) is 1.03. The van der Waals surface area contributed by atoms with Crippen molar-refractivity contribution in [2.75, 3.05) is 0 Å². The van der Waals surface area contributed by atoms with Crippen LogP contribution in [0.3, 0.4) is 0 Å². The topological polar surface area (TPSA) is 73.6 Å². The van der Waals surface area contributed by atoms with Crippen LogP contribution in [0.15, 0.2) is 36.6 Å². The molecule has 3 heteroatoms. The van der Waals surface area contributed by atoms with Crippen molar-refractivity contribution in [3.63, 3.8) is 0 Å². The van der Waals surface area contributed by atoms with Crippen molar-refractivity contribution < 1.29 is 0 Å². The maximum Gasteiger partial charge on any atom is 0.151 e. The predicted molar refractivity (Wildman–Crippen MR) is 46.3 cm³/mol. The van der Waals surface area contributed by atoms with E-state index in [0.717, 1.165) is 0 Å². The van der Waals surface area contributed by atoms with Crippen LogP contribution in [-0.2, 0) is 0 Å². The molecule has 0 unspecified atom stereocenters. The maximum absolute atomic E-state index is 8.35. The lowest BCUT2D eigenvalue weighted by molar-refractivity contribution is 1.09. The number of nitrogens with zero attached hydrogens (tertiary/aromatic N) is 2. The van der Waals surface area contributed by atoms with Crippen molar-refractivity contribution >= 4 is 0 Å². The van der Waals surface area contributed by atoms with Crippen molar-refractivity contribution in [2.24, 2.45) is 11.7 Å². The lowest BCUT2D eigenvalue weighted by Gasteiger charge is -1.82. The summed E-state index contributed by atoms with van der Waals surface area (Å²) >= 11 is 0. The van der Waals surface area contributed by atoms with Gasteiger partial charge in [0.2, 0.25) is 0 Å². The third kappa shape index (κ3) is 4.84. The Balaban J connectivity index is 3.93. The molecule has 0 heterocycles. The molecule has 0 saturated heterocycles. The quantitative estimate of drug-likeness (QED) is 0.629. The second-order valence-corrected chi connectivity index (χ2v) is 1.89. The zero-order valence-electron chi connectivity index (χ0n) is 6.51. The van der Waals surface area contributed by atoms with Gasteiger partial charge in [-0.1, -0.05) is 24.3 Å². The zero-order valence-corrected chi connectivity index (χ0v) is 6.51. The number of nitriles is 2. The van der Waals surface area contributed by atoms with Gasteiger partial charge in [0, 0.05) is 0 Å². The minimum absolute atomic E-state index is 0.670. The molecule has 0 aliphatic carbocycles. The van der Waals surface area contributed by atoms with Gasteiger partial charge in [0.05, 0.1) is 12.1 Å². The Labute approximate surface area is 71.7 Å². The molecule has 0 aromatic heterocycles. The standard InChI is InChI=1S/C9H9N3/c10-6-4-2-1-3-5-9(7-11)8-12/h1-6,9H,10H2/b2-1+,5-3+,6-4+. The largest absolute Gasteiger partial charge is 0.405 e.